The summed E-state index contributed by atoms with van der Waals surface area (Å²) >= 11 is 1.74. The number of rotatable bonds is 11. The average Bonchev–Trinajstić information content (AvgIpc) is 3.26. The maximum absolute atomic E-state index is 14.4. The Morgan fingerprint density at radius 2 is 1.71 bits per heavy atom. The number of pyridine rings is 2. The fraction of sp³-hybridized carbons (Fsp3) is 0.324. The molecule has 1 N–H and O–H groups in total. The van der Waals surface area contributed by atoms with Crippen LogP contribution in [0.3, 0.4) is 0 Å². The van der Waals surface area contributed by atoms with E-state index < -0.39 is 11.4 Å². The van der Waals surface area contributed by atoms with E-state index in [1.807, 2.05) is 42.6 Å². The zero-order chi connectivity index (χ0) is 32.4. The largest absolute Gasteiger partial charge is 0.487 e. The quantitative estimate of drug-likeness (QED) is 0.148. The summed E-state index contributed by atoms with van der Waals surface area (Å²) in [5.74, 6) is -0.489. The smallest absolute Gasteiger partial charge is 0.309 e. The van der Waals surface area contributed by atoms with Gasteiger partial charge in [-0.1, -0.05) is 58.0 Å². The van der Waals surface area contributed by atoms with E-state index in [9.17, 15) is 14.3 Å². The molecule has 0 aliphatic carbocycles. The molecule has 0 atom stereocenters. The molecule has 5 rings (SSSR count). The van der Waals surface area contributed by atoms with E-state index in [0.29, 0.717) is 30.8 Å². The van der Waals surface area contributed by atoms with Gasteiger partial charge in [-0.2, -0.15) is 0 Å². The summed E-state index contributed by atoms with van der Waals surface area (Å²) in [6, 6.07) is 20.8. The highest BCUT2D eigenvalue weighted by Crippen LogP contribution is 2.44. The van der Waals surface area contributed by atoms with Gasteiger partial charge >= 0.3 is 5.97 Å². The van der Waals surface area contributed by atoms with Crippen LogP contribution in [0.1, 0.15) is 64.1 Å². The van der Waals surface area contributed by atoms with Gasteiger partial charge < -0.3 is 14.4 Å². The van der Waals surface area contributed by atoms with Gasteiger partial charge in [0.2, 0.25) is 0 Å². The molecule has 2 aromatic carbocycles. The van der Waals surface area contributed by atoms with Gasteiger partial charge in [0.25, 0.3) is 0 Å². The third kappa shape index (κ3) is 7.56. The molecule has 6 nitrogen and oxygen atoms in total. The number of hydrogen-bond donors (Lipinski definition) is 1. The van der Waals surface area contributed by atoms with Gasteiger partial charge in [-0.25, -0.2) is 4.39 Å². The Hall–Kier alpha value is -4.17. The maximum Gasteiger partial charge on any atom is 0.309 e. The Kier molecular flexibility index (Phi) is 9.35. The first kappa shape index (κ1) is 32.2. The Balaban J connectivity index is 1.57. The van der Waals surface area contributed by atoms with E-state index in [4.69, 9.17) is 4.74 Å². The minimum absolute atomic E-state index is 0.128. The third-order valence-corrected chi connectivity index (χ3v) is 8.97. The van der Waals surface area contributed by atoms with Gasteiger partial charge in [-0.15, -0.1) is 11.8 Å². The minimum Gasteiger partial charge on any atom is -0.487 e. The molecule has 3 aromatic heterocycles. The highest BCUT2D eigenvalue weighted by atomic mass is 32.2. The molecule has 0 amide bonds. The Morgan fingerprint density at radius 3 is 2.33 bits per heavy atom. The Labute approximate surface area is 268 Å². The summed E-state index contributed by atoms with van der Waals surface area (Å²) < 4.78 is 22.7. The number of thioether (sulfide) groups is 1. The van der Waals surface area contributed by atoms with Crippen molar-refractivity contribution in [3.63, 3.8) is 0 Å². The summed E-state index contributed by atoms with van der Waals surface area (Å²) in [7, 11) is 0. The van der Waals surface area contributed by atoms with Gasteiger partial charge in [0, 0.05) is 57.2 Å². The molecule has 0 aliphatic heterocycles. The molecule has 0 saturated heterocycles. The first-order valence-corrected chi connectivity index (χ1v) is 16.0. The first-order valence-electron chi connectivity index (χ1n) is 15.2. The van der Waals surface area contributed by atoms with Crippen molar-refractivity contribution in [2.24, 2.45) is 5.41 Å². The van der Waals surface area contributed by atoms with Crippen LogP contribution >= 0.6 is 11.8 Å². The number of aromatic nitrogens is 3. The number of carboxylic acid groups (broad SMARTS) is 1. The molecule has 5 aromatic rings. The lowest BCUT2D eigenvalue weighted by Gasteiger charge is -2.24. The molecule has 3 heterocycles. The van der Waals surface area contributed by atoms with Crippen LogP contribution in [-0.2, 0) is 30.8 Å². The van der Waals surface area contributed by atoms with Crippen molar-refractivity contribution in [3.05, 3.63) is 107 Å². The molecule has 234 valence electrons. The molecule has 8 heteroatoms. The topological polar surface area (TPSA) is 77.2 Å². The molecular formula is C37H40FN3O3S. The summed E-state index contributed by atoms with van der Waals surface area (Å²) in [4.78, 5) is 22.1. The van der Waals surface area contributed by atoms with Gasteiger partial charge in [0.05, 0.1) is 11.1 Å². The molecule has 0 aliphatic rings. The SMILES string of the molecule is CCc1ccc(COc2ccc3c(c2)c(SC(C)(C)C)c(CC(C)(C)C(=O)O)n3Cc2ccc(-c3ncccc3F)cc2)nc1. The van der Waals surface area contributed by atoms with Crippen molar-refractivity contribution in [1.29, 1.82) is 0 Å². The van der Waals surface area contributed by atoms with E-state index in [-0.39, 0.29) is 10.6 Å². The number of nitrogens with zero attached hydrogens (tertiary/aromatic N) is 3. The average molecular weight is 626 g/mol. The van der Waals surface area contributed by atoms with E-state index in [1.54, 1.807) is 37.9 Å². The number of carbonyl (C=O) groups is 1. The van der Waals surface area contributed by atoms with Gasteiger partial charge in [-0.3, -0.25) is 14.8 Å². The number of aliphatic carboxylic acids is 1. The number of halogens is 1. The summed E-state index contributed by atoms with van der Waals surface area (Å²) in [6.45, 7) is 13.0. The zero-order valence-electron chi connectivity index (χ0n) is 26.7. The normalized spacial score (nSPS) is 12.1. The fourth-order valence-electron chi connectivity index (χ4n) is 5.17. The first-order chi connectivity index (χ1) is 21.3. The van der Waals surface area contributed by atoms with Crippen molar-refractivity contribution >= 4 is 28.6 Å². The van der Waals surface area contributed by atoms with Crippen LogP contribution in [0, 0.1) is 11.2 Å². The van der Waals surface area contributed by atoms with Gasteiger partial charge in [0.15, 0.2) is 0 Å². The molecule has 0 fully saturated rings. The molecule has 0 bridgehead atoms. The molecule has 0 unspecified atom stereocenters. The number of hydrogen-bond acceptors (Lipinski definition) is 5. The highest BCUT2D eigenvalue weighted by molar-refractivity contribution is 8.00. The second-order valence-corrected chi connectivity index (χ2v) is 14.8. The molecule has 0 saturated carbocycles. The summed E-state index contributed by atoms with van der Waals surface area (Å²) in [5.41, 5.74) is 5.03. The van der Waals surface area contributed by atoms with Crippen molar-refractivity contribution in [3.8, 4) is 17.0 Å². The predicted octanol–water partition coefficient (Wildman–Crippen LogP) is 8.97. The molecular weight excluding hydrogens is 585 g/mol. The van der Waals surface area contributed by atoms with Crippen LogP contribution in [0.4, 0.5) is 4.39 Å². The molecule has 45 heavy (non-hydrogen) atoms. The number of carboxylic acids is 1. The Morgan fingerprint density at radius 1 is 0.978 bits per heavy atom. The second-order valence-electron chi connectivity index (χ2n) is 13.0. The summed E-state index contributed by atoms with van der Waals surface area (Å²) in [5, 5.41) is 11.1. The lowest BCUT2D eigenvalue weighted by molar-refractivity contribution is -0.146. The lowest BCUT2D eigenvalue weighted by atomic mass is 9.88. The standard InChI is InChI=1S/C37H40FN3O3S/c1-7-24-12-15-27(40-21-24)23-44-28-16-17-31-29(19-28)34(45-36(2,3)4)32(20-37(5,6)35(42)43)41(31)22-25-10-13-26(14-11-25)33-30(38)9-8-18-39-33/h8-19,21H,7,20,22-23H2,1-6H3,(H,42,43). The van der Waals surface area contributed by atoms with Crippen LogP contribution in [0.2, 0.25) is 0 Å². The van der Waals surface area contributed by atoms with Gasteiger partial charge in [0.1, 0.15) is 23.9 Å². The number of fused-ring (bicyclic) bond motifs is 1. The van der Waals surface area contributed by atoms with E-state index in [0.717, 1.165) is 44.9 Å². The van der Waals surface area contributed by atoms with Gasteiger partial charge in [-0.05, 0) is 67.8 Å². The lowest BCUT2D eigenvalue weighted by Crippen LogP contribution is -2.28. The highest BCUT2D eigenvalue weighted by Gasteiger charge is 2.33. The third-order valence-electron chi connectivity index (χ3n) is 7.70. The van der Waals surface area contributed by atoms with Crippen molar-refractivity contribution in [2.45, 2.75) is 77.2 Å². The van der Waals surface area contributed by atoms with E-state index >= 15 is 0 Å². The van der Waals surface area contributed by atoms with E-state index in [2.05, 4.69) is 60.4 Å². The van der Waals surface area contributed by atoms with E-state index in [1.165, 1.54) is 11.6 Å². The number of aryl methyl sites for hydroxylation is 1. The fourth-order valence-corrected chi connectivity index (χ4v) is 6.36. The number of benzene rings is 2. The summed E-state index contributed by atoms with van der Waals surface area (Å²) in [6.07, 6.45) is 4.75. The Bertz CT molecular complexity index is 1810. The van der Waals surface area contributed by atoms with Crippen LogP contribution in [0.15, 0.2) is 84.0 Å². The van der Waals surface area contributed by atoms with Crippen molar-refractivity contribution in [1.82, 2.24) is 14.5 Å². The van der Waals surface area contributed by atoms with Crippen molar-refractivity contribution < 1.29 is 19.0 Å². The number of ether oxygens (including phenoxy) is 1. The molecule has 0 spiro atoms. The maximum atomic E-state index is 14.4. The zero-order valence-corrected chi connectivity index (χ0v) is 27.5. The van der Waals surface area contributed by atoms with Crippen LogP contribution < -0.4 is 4.74 Å². The second kappa shape index (κ2) is 13.1. The minimum atomic E-state index is -0.991. The van der Waals surface area contributed by atoms with Crippen LogP contribution in [0.25, 0.3) is 22.2 Å². The van der Waals surface area contributed by atoms with Crippen molar-refractivity contribution in [2.75, 3.05) is 0 Å². The van der Waals surface area contributed by atoms with Crippen LogP contribution in [0.5, 0.6) is 5.75 Å². The monoisotopic (exact) mass is 625 g/mol. The molecule has 0 radical (unpaired) electrons. The predicted molar refractivity (Wildman–Crippen MR) is 179 cm³/mol. The van der Waals surface area contributed by atoms with Crippen LogP contribution in [-0.4, -0.2) is 30.4 Å².